The van der Waals surface area contributed by atoms with Crippen molar-refractivity contribution in [3.05, 3.63) is 257 Å². The first-order valence-corrected chi connectivity index (χ1v) is 23.4. The highest BCUT2D eigenvalue weighted by atomic mass is 79.9. The lowest BCUT2D eigenvalue weighted by Crippen LogP contribution is -1.96. The van der Waals surface area contributed by atoms with Crippen LogP contribution in [0.1, 0.15) is 5.56 Å². The lowest BCUT2D eigenvalue weighted by Gasteiger charge is -2.14. The standard InChI is InChI=1S/C30H20BrN.C19H16.C12H8BrN.H2S/c31-25-15-16-30-28(20-25)27-13-7-8-14-29(27)32(30)26-18-23(21-9-3-1-4-10-21)17-24(19-26)22-11-5-2-6-12-22;1-15-12-18(16-8-4-2-5-9-16)14-19(13-15)17-10-6-3-7-11-17;13-8-5-6-12-10(7-8)9-3-1-2-4-11(9)14-12;/h1-20H;2-14H,1H3;1-7,14H;1H2. The molecule has 0 aliphatic carbocycles. The second kappa shape index (κ2) is 20.1. The van der Waals surface area contributed by atoms with Crippen molar-refractivity contribution in [1.82, 2.24) is 9.55 Å². The van der Waals surface area contributed by atoms with E-state index in [1.54, 1.807) is 0 Å². The molecule has 5 heteroatoms. The molecule has 0 bridgehead atoms. The van der Waals surface area contributed by atoms with Gasteiger partial charge in [-0.1, -0.05) is 202 Å². The number of aryl methyl sites for hydroxylation is 1. The summed E-state index contributed by atoms with van der Waals surface area (Å²) in [5.74, 6) is 0. The van der Waals surface area contributed by atoms with Crippen molar-refractivity contribution in [3.8, 4) is 50.2 Å². The van der Waals surface area contributed by atoms with E-state index in [2.05, 4.69) is 285 Å². The van der Waals surface area contributed by atoms with Gasteiger partial charge < -0.3 is 9.55 Å². The van der Waals surface area contributed by atoms with Crippen molar-refractivity contribution in [2.24, 2.45) is 0 Å². The zero-order chi connectivity index (χ0) is 44.1. The Labute approximate surface area is 409 Å². The van der Waals surface area contributed by atoms with Crippen LogP contribution in [0.3, 0.4) is 0 Å². The van der Waals surface area contributed by atoms with Crippen molar-refractivity contribution in [1.29, 1.82) is 0 Å². The van der Waals surface area contributed by atoms with Gasteiger partial charge >= 0.3 is 0 Å². The van der Waals surface area contributed by atoms with Gasteiger partial charge in [0.2, 0.25) is 0 Å². The molecule has 320 valence electrons. The van der Waals surface area contributed by atoms with Crippen LogP contribution in [0.5, 0.6) is 0 Å². The Morgan fingerprint density at radius 2 is 0.712 bits per heavy atom. The fourth-order valence-corrected chi connectivity index (χ4v) is 9.48. The quantitative estimate of drug-likeness (QED) is 0.177. The number of rotatable bonds is 5. The molecule has 0 saturated heterocycles. The van der Waals surface area contributed by atoms with Gasteiger partial charge in [-0.25, -0.2) is 0 Å². The van der Waals surface area contributed by atoms with Gasteiger partial charge in [-0.05, 0) is 130 Å². The van der Waals surface area contributed by atoms with Crippen molar-refractivity contribution >= 4 is 89.0 Å². The predicted molar refractivity (Wildman–Crippen MR) is 295 cm³/mol. The molecule has 0 radical (unpaired) electrons. The minimum absolute atomic E-state index is 0. The van der Waals surface area contributed by atoms with Crippen molar-refractivity contribution in [3.63, 3.8) is 0 Å². The zero-order valence-electron chi connectivity index (χ0n) is 36.3. The van der Waals surface area contributed by atoms with Gasteiger partial charge in [-0.15, -0.1) is 0 Å². The van der Waals surface area contributed by atoms with E-state index in [-0.39, 0.29) is 13.5 Å². The number of H-pyrrole nitrogens is 1. The average molecular weight is 999 g/mol. The van der Waals surface area contributed by atoms with Gasteiger partial charge in [0.05, 0.1) is 11.0 Å². The molecular weight excluding hydrogens is 953 g/mol. The number of nitrogens with one attached hydrogen (secondary N) is 1. The maximum atomic E-state index is 3.66. The van der Waals surface area contributed by atoms with Crippen LogP contribution < -0.4 is 0 Å². The number of aromatic amines is 1. The Kier molecular flexibility index (Phi) is 13.5. The fourth-order valence-electron chi connectivity index (χ4n) is 8.76. The average Bonchev–Trinajstić information content (AvgIpc) is 3.90. The summed E-state index contributed by atoms with van der Waals surface area (Å²) < 4.78 is 4.60. The molecule has 0 aliphatic rings. The molecular formula is C61H46Br2N2S. The van der Waals surface area contributed by atoms with Crippen LogP contribution in [0.2, 0.25) is 0 Å². The molecule has 2 aromatic heterocycles. The van der Waals surface area contributed by atoms with Crippen LogP contribution in [0.15, 0.2) is 252 Å². The summed E-state index contributed by atoms with van der Waals surface area (Å²) in [6, 6.07) is 85.8. The summed E-state index contributed by atoms with van der Waals surface area (Å²) >= 11 is 7.15. The minimum Gasteiger partial charge on any atom is -0.355 e. The normalized spacial score (nSPS) is 10.8. The number of hydrogen-bond acceptors (Lipinski definition) is 0. The SMILES string of the molecule is Brc1ccc2[nH]c3ccccc3c2c1.Brc1ccc2c(c1)c1ccccc1n2-c1cc(-c2ccccc2)cc(-c2ccccc2)c1.Cc1cc(-c2ccccc2)cc(-c2ccccc2)c1.S. The third-order valence-corrected chi connectivity index (χ3v) is 12.8. The van der Waals surface area contributed by atoms with Gasteiger partial charge in [-0.3, -0.25) is 0 Å². The zero-order valence-corrected chi connectivity index (χ0v) is 40.5. The summed E-state index contributed by atoms with van der Waals surface area (Å²) in [4.78, 5) is 3.38. The monoisotopic (exact) mass is 996 g/mol. The lowest BCUT2D eigenvalue weighted by molar-refractivity contribution is 1.18. The molecule has 12 rings (SSSR count). The number of halogens is 2. The molecule has 0 amide bonds. The third kappa shape index (κ3) is 9.56. The summed E-state index contributed by atoms with van der Waals surface area (Å²) in [5.41, 5.74) is 17.2. The van der Waals surface area contributed by atoms with E-state index in [0.717, 1.165) is 8.95 Å². The Balaban J connectivity index is 0.000000136. The second-order valence-electron chi connectivity index (χ2n) is 16.2. The van der Waals surface area contributed by atoms with Crippen LogP contribution in [-0.2, 0) is 0 Å². The molecule has 0 aliphatic heterocycles. The first kappa shape index (κ1) is 44.3. The van der Waals surface area contributed by atoms with Crippen LogP contribution in [0.4, 0.5) is 0 Å². The smallest absolute Gasteiger partial charge is 0.0541 e. The highest BCUT2D eigenvalue weighted by Gasteiger charge is 2.15. The molecule has 0 unspecified atom stereocenters. The molecule has 66 heavy (non-hydrogen) atoms. The molecule has 10 aromatic carbocycles. The van der Waals surface area contributed by atoms with E-state index in [9.17, 15) is 0 Å². The van der Waals surface area contributed by atoms with Gasteiger partial charge in [0.1, 0.15) is 0 Å². The number of nitrogens with zero attached hydrogens (tertiary/aromatic N) is 1. The topological polar surface area (TPSA) is 20.7 Å². The molecule has 2 nitrogen and oxygen atoms in total. The number of benzene rings is 10. The molecule has 2 heterocycles. The second-order valence-corrected chi connectivity index (χ2v) is 18.0. The fraction of sp³-hybridized carbons (Fsp3) is 0.0164. The van der Waals surface area contributed by atoms with E-state index < -0.39 is 0 Å². The molecule has 12 aromatic rings. The van der Waals surface area contributed by atoms with Crippen molar-refractivity contribution < 1.29 is 0 Å². The van der Waals surface area contributed by atoms with Gasteiger partial charge in [0, 0.05) is 47.2 Å². The van der Waals surface area contributed by atoms with Gasteiger partial charge in [0.15, 0.2) is 0 Å². The van der Waals surface area contributed by atoms with E-state index in [1.165, 1.54) is 99.4 Å². The Morgan fingerprint density at radius 3 is 1.24 bits per heavy atom. The van der Waals surface area contributed by atoms with E-state index in [4.69, 9.17) is 0 Å². The molecule has 0 atom stereocenters. The Bertz CT molecular complexity index is 3450. The highest BCUT2D eigenvalue weighted by molar-refractivity contribution is 9.10. The third-order valence-electron chi connectivity index (χ3n) is 11.8. The summed E-state index contributed by atoms with van der Waals surface area (Å²) in [6.07, 6.45) is 0. The minimum atomic E-state index is 0. The van der Waals surface area contributed by atoms with Gasteiger partial charge in [-0.2, -0.15) is 13.5 Å². The van der Waals surface area contributed by atoms with Gasteiger partial charge in [0.25, 0.3) is 0 Å². The molecule has 0 spiro atoms. The predicted octanol–water partition coefficient (Wildman–Crippen LogP) is 18.4. The first-order valence-electron chi connectivity index (χ1n) is 21.8. The molecule has 0 saturated carbocycles. The van der Waals surface area contributed by atoms with E-state index >= 15 is 0 Å². The van der Waals surface area contributed by atoms with E-state index in [0.29, 0.717) is 0 Å². The summed E-state index contributed by atoms with van der Waals surface area (Å²) in [5, 5.41) is 5.07. The largest absolute Gasteiger partial charge is 0.355 e. The molecule has 0 fully saturated rings. The summed E-state index contributed by atoms with van der Waals surface area (Å²) in [6.45, 7) is 2.15. The number of hydrogen-bond donors (Lipinski definition) is 1. The maximum absolute atomic E-state index is 3.66. The Morgan fingerprint density at radius 1 is 0.318 bits per heavy atom. The Hall–Kier alpha value is -6.89. The molecule has 1 N–H and O–H groups in total. The first-order chi connectivity index (χ1) is 31.9. The van der Waals surface area contributed by atoms with Crippen LogP contribution in [0, 0.1) is 6.92 Å². The highest BCUT2D eigenvalue weighted by Crippen LogP contribution is 2.37. The summed E-state index contributed by atoms with van der Waals surface area (Å²) in [7, 11) is 0. The lowest BCUT2D eigenvalue weighted by atomic mass is 9.97. The number of fused-ring (bicyclic) bond motifs is 6. The number of para-hydroxylation sites is 2. The van der Waals surface area contributed by atoms with Crippen LogP contribution in [-0.4, -0.2) is 9.55 Å². The van der Waals surface area contributed by atoms with Crippen LogP contribution >= 0.6 is 45.4 Å². The number of aromatic nitrogens is 2. The maximum Gasteiger partial charge on any atom is 0.0541 e. The van der Waals surface area contributed by atoms with Crippen LogP contribution in [0.25, 0.3) is 93.8 Å². The van der Waals surface area contributed by atoms with Crippen molar-refractivity contribution in [2.45, 2.75) is 6.92 Å². The van der Waals surface area contributed by atoms with E-state index in [1.807, 2.05) is 6.07 Å². The van der Waals surface area contributed by atoms with Crippen molar-refractivity contribution in [2.75, 3.05) is 0 Å².